The molecule has 0 saturated heterocycles. The molecule has 0 radical (unpaired) electrons. The lowest BCUT2D eigenvalue weighted by molar-refractivity contribution is -0.116. The van der Waals surface area contributed by atoms with Crippen LogP contribution in [0, 0.1) is 7.14 Å². The molecule has 16 nitrogen and oxygen atoms in total. The number of hydrogen-bond donors (Lipinski definition) is 6. The second kappa shape index (κ2) is 20.5. The van der Waals surface area contributed by atoms with Gasteiger partial charge in [-0.2, -0.15) is 0 Å². The summed E-state index contributed by atoms with van der Waals surface area (Å²) in [5, 5.41) is 11.7. The predicted molar refractivity (Wildman–Crippen MR) is 244 cm³/mol. The number of anilines is 4. The minimum atomic E-state index is -0.167. The Kier molecular flexibility index (Phi) is 15.3. The van der Waals surface area contributed by atoms with Crippen molar-refractivity contribution in [2.45, 2.75) is 12.8 Å². The molecule has 3 heterocycles. The number of nitrogens with zero attached hydrogens (tertiary/aromatic N) is 3. The fraction of sp³-hybridized carbons (Fsp3) is 0.171. The van der Waals surface area contributed by atoms with E-state index in [2.05, 4.69) is 76.4 Å². The van der Waals surface area contributed by atoms with E-state index in [0.29, 0.717) is 51.5 Å². The Morgan fingerprint density at radius 1 is 0.746 bits per heavy atom. The average molecular weight is 1030 g/mol. The van der Waals surface area contributed by atoms with Crippen LogP contribution in [0.4, 0.5) is 28.7 Å². The van der Waals surface area contributed by atoms with Gasteiger partial charge in [0.2, 0.25) is 17.8 Å². The molecule has 1 aromatic heterocycles. The minimum absolute atomic E-state index is 0.0113. The predicted octanol–water partition coefficient (Wildman–Crippen LogP) is 6.53. The van der Waals surface area contributed by atoms with Gasteiger partial charge in [0.25, 0.3) is 0 Å². The molecule has 59 heavy (non-hydrogen) atoms. The number of carbonyl (C=O) groups excluding carboxylic acids is 3. The van der Waals surface area contributed by atoms with E-state index in [1.54, 1.807) is 78.2 Å². The number of benzene rings is 4. The molecule has 0 atom stereocenters. The van der Waals surface area contributed by atoms with Crippen molar-refractivity contribution in [2.75, 3.05) is 51.4 Å². The highest BCUT2D eigenvalue weighted by Crippen LogP contribution is 2.36. The molecular formula is C41H41I2N9O7. The number of carbonyl (C=O) groups is 3. The SMILES string of the molecule is CN/C=C1\CC(=O)Nc2ccc(I)cc2C1=O.COc1ccc(N=C(N)N)cc1OC.COc1ccc(Nc2ncc3c(n2)-c2cc(I)ccc2NC(=O)C3)cc1OC. The number of guanidine groups is 1. The Hall–Kier alpha value is -6.16. The van der Waals surface area contributed by atoms with Gasteiger partial charge in [0.1, 0.15) is 0 Å². The second-order valence-electron chi connectivity index (χ2n) is 12.5. The molecule has 0 unspecified atom stereocenters. The summed E-state index contributed by atoms with van der Waals surface area (Å²) in [5.74, 6) is 2.58. The zero-order valence-corrected chi connectivity index (χ0v) is 36.9. The Labute approximate surface area is 367 Å². The number of hydrogen-bond acceptors (Lipinski definition) is 12. The summed E-state index contributed by atoms with van der Waals surface area (Å²) in [4.78, 5) is 49.0. The molecule has 2 aliphatic heterocycles. The summed E-state index contributed by atoms with van der Waals surface area (Å²) < 4.78 is 22.8. The molecule has 4 aromatic carbocycles. The lowest BCUT2D eigenvalue weighted by Crippen LogP contribution is -2.21. The molecule has 8 N–H and O–H groups in total. The van der Waals surface area contributed by atoms with E-state index in [4.69, 9.17) is 35.4 Å². The minimum Gasteiger partial charge on any atom is -0.493 e. The number of halogens is 2. The van der Waals surface area contributed by atoms with E-state index < -0.39 is 0 Å². The van der Waals surface area contributed by atoms with Crippen molar-refractivity contribution in [3.05, 3.63) is 109 Å². The molecule has 7 rings (SSSR count). The number of ether oxygens (including phenoxy) is 4. The molecule has 0 fully saturated rings. The van der Waals surface area contributed by atoms with E-state index in [1.165, 1.54) is 0 Å². The molecule has 18 heteroatoms. The normalized spacial score (nSPS) is 13.1. The van der Waals surface area contributed by atoms with Gasteiger partial charge in [-0.3, -0.25) is 14.4 Å². The number of amides is 2. The maximum Gasteiger partial charge on any atom is 0.229 e. The number of rotatable bonds is 8. The van der Waals surface area contributed by atoms with Gasteiger partial charge in [-0.25, -0.2) is 15.0 Å². The fourth-order valence-electron chi connectivity index (χ4n) is 5.83. The van der Waals surface area contributed by atoms with E-state index >= 15 is 0 Å². The zero-order chi connectivity index (χ0) is 42.6. The molecule has 0 saturated carbocycles. The van der Waals surface area contributed by atoms with Gasteiger partial charge >= 0.3 is 0 Å². The average Bonchev–Trinajstić information content (AvgIpc) is 3.43. The maximum atomic E-state index is 12.2. The third-order valence-corrected chi connectivity index (χ3v) is 9.79. The molecule has 0 bridgehead atoms. The van der Waals surface area contributed by atoms with Crippen LogP contribution in [0.2, 0.25) is 0 Å². The van der Waals surface area contributed by atoms with Crippen LogP contribution in [-0.4, -0.2) is 69.0 Å². The van der Waals surface area contributed by atoms with Crippen molar-refractivity contribution in [3.8, 4) is 34.3 Å². The summed E-state index contributed by atoms with van der Waals surface area (Å²) in [6, 6.07) is 21.9. The van der Waals surface area contributed by atoms with Crippen molar-refractivity contribution < 1.29 is 33.3 Å². The standard InChI is InChI=1S/C20H17IN4O3.C12H11IN2O2.C9H13N3O2/c1-27-16-6-4-13(9-17(16)28-2)23-20-22-10-11-7-18(26)24-15-5-3-12(21)8-14(15)19(11)25-20;1-14-6-7-4-11(16)15-10-3-2-8(13)5-9(10)12(7)17;1-13-7-4-3-6(12-9(10)11)5-8(7)14-2/h3-6,8-10H,7H2,1-2H3,(H,24,26)(H,22,23,25);2-3,5-6,14H,4H2,1H3,(H,15,16);3-5H,1-2H3,(H4,10,11,12)/b;7-6+;. The van der Waals surface area contributed by atoms with E-state index in [9.17, 15) is 14.4 Å². The van der Waals surface area contributed by atoms with Crippen LogP contribution in [0.1, 0.15) is 22.3 Å². The monoisotopic (exact) mass is 1030 g/mol. The van der Waals surface area contributed by atoms with E-state index in [1.807, 2.05) is 42.5 Å². The van der Waals surface area contributed by atoms with Gasteiger partial charge in [-0.05, 0) is 106 Å². The summed E-state index contributed by atoms with van der Waals surface area (Å²) >= 11 is 4.39. The fourth-order valence-corrected chi connectivity index (χ4v) is 6.81. The summed E-state index contributed by atoms with van der Waals surface area (Å²) in [6.45, 7) is 0. The topological polar surface area (TPSA) is 226 Å². The summed E-state index contributed by atoms with van der Waals surface area (Å²) in [6.07, 6.45) is 3.61. The van der Waals surface area contributed by atoms with Crippen LogP contribution in [-0.2, 0) is 16.0 Å². The van der Waals surface area contributed by atoms with E-state index in [-0.39, 0.29) is 36.4 Å². The van der Waals surface area contributed by atoms with Gasteiger partial charge in [-0.15, -0.1) is 0 Å². The number of nitrogens with one attached hydrogen (secondary N) is 4. The lowest BCUT2D eigenvalue weighted by Gasteiger charge is -2.12. The number of aromatic nitrogens is 2. The van der Waals surface area contributed by atoms with Crippen molar-refractivity contribution in [1.29, 1.82) is 0 Å². The van der Waals surface area contributed by atoms with Gasteiger partial charge in [0.05, 0.1) is 64.0 Å². The Bertz CT molecular complexity index is 2440. The number of methoxy groups -OCH3 is 4. The molecule has 306 valence electrons. The van der Waals surface area contributed by atoms with Crippen molar-refractivity contribution in [1.82, 2.24) is 15.3 Å². The molecule has 2 amide bonds. The largest absolute Gasteiger partial charge is 0.493 e. The van der Waals surface area contributed by atoms with Gasteiger partial charge in [0.15, 0.2) is 34.7 Å². The lowest BCUT2D eigenvalue weighted by atomic mass is 10.0. The Morgan fingerprint density at radius 3 is 1.93 bits per heavy atom. The first-order chi connectivity index (χ1) is 28.3. The number of ketones is 1. The zero-order valence-electron chi connectivity index (χ0n) is 32.6. The van der Waals surface area contributed by atoms with Crippen molar-refractivity contribution >= 4 is 97.4 Å². The van der Waals surface area contributed by atoms with Crippen LogP contribution >= 0.6 is 45.2 Å². The van der Waals surface area contributed by atoms with Crippen molar-refractivity contribution in [3.63, 3.8) is 0 Å². The third kappa shape index (κ3) is 11.5. The number of aliphatic imine (C=N–C) groups is 1. The first kappa shape index (κ1) is 44.0. The Morgan fingerprint density at radius 2 is 1.32 bits per heavy atom. The van der Waals surface area contributed by atoms with Crippen LogP contribution in [0.3, 0.4) is 0 Å². The summed E-state index contributed by atoms with van der Waals surface area (Å²) in [5.41, 5.74) is 16.6. The smallest absolute Gasteiger partial charge is 0.229 e. The highest BCUT2D eigenvalue weighted by atomic mass is 127. The number of nitrogens with two attached hydrogens (primary N) is 2. The van der Waals surface area contributed by atoms with Crippen LogP contribution < -0.4 is 51.7 Å². The molecule has 0 aliphatic carbocycles. The molecular weight excluding hydrogens is 984 g/mol. The number of fused-ring (bicyclic) bond motifs is 4. The molecule has 0 spiro atoms. The molecule has 5 aromatic rings. The first-order valence-corrected chi connectivity index (χ1v) is 19.8. The highest BCUT2D eigenvalue weighted by Gasteiger charge is 2.24. The van der Waals surface area contributed by atoms with Crippen molar-refractivity contribution in [2.24, 2.45) is 16.5 Å². The highest BCUT2D eigenvalue weighted by molar-refractivity contribution is 14.1. The summed E-state index contributed by atoms with van der Waals surface area (Å²) in [7, 11) is 8.01. The van der Waals surface area contributed by atoms with Gasteiger partial charge in [0, 0.05) is 66.7 Å². The first-order valence-electron chi connectivity index (χ1n) is 17.6. The van der Waals surface area contributed by atoms with Crippen LogP contribution in [0.15, 0.2) is 95.8 Å². The quantitative estimate of drug-likeness (QED) is 0.0421. The van der Waals surface area contributed by atoms with Crippen LogP contribution in [0.25, 0.3) is 11.3 Å². The second-order valence-corrected chi connectivity index (χ2v) is 14.9. The van der Waals surface area contributed by atoms with Gasteiger partial charge in [-0.1, -0.05) is 0 Å². The van der Waals surface area contributed by atoms with E-state index in [0.717, 1.165) is 35.3 Å². The third-order valence-electron chi connectivity index (χ3n) is 8.45. The Balaban J connectivity index is 0.000000183. The maximum absolute atomic E-state index is 12.2. The van der Waals surface area contributed by atoms with Gasteiger partial charge < -0.3 is 51.7 Å². The molecule has 2 aliphatic rings. The van der Waals surface area contributed by atoms with Crippen LogP contribution in [0.5, 0.6) is 23.0 Å². The number of Topliss-reactive ketones (excluding diaryl/α,β-unsaturated/α-hetero) is 1.